The summed E-state index contributed by atoms with van der Waals surface area (Å²) in [6, 6.07) is 2.97. The molecular formula is C21H19FN4O4. The molecule has 0 aliphatic carbocycles. The van der Waals surface area contributed by atoms with Crippen LogP contribution in [0.2, 0.25) is 0 Å². The fraction of sp³-hybridized carbons (Fsp3) is 0.333. The number of hydrogen-bond acceptors (Lipinski definition) is 7. The molecule has 1 aromatic rings. The van der Waals surface area contributed by atoms with Crippen LogP contribution in [-0.4, -0.2) is 35.6 Å². The molecule has 2 heterocycles. The molecule has 0 radical (unpaired) electrons. The molecule has 30 heavy (non-hydrogen) atoms. The van der Waals surface area contributed by atoms with E-state index >= 15 is 4.39 Å². The Bertz CT molecular complexity index is 1110. The number of ether oxygens (including phenoxy) is 1. The number of nitrogens with zero attached hydrogens (tertiary/aromatic N) is 4. The van der Waals surface area contributed by atoms with Crippen LogP contribution in [-0.2, 0) is 14.4 Å². The lowest BCUT2D eigenvalue weighted by Crippen LogP contribution is -2.37. The molecule has 0 bridgehead atoms. The molecule has 0 N–H and O–H groups in total. The predicted octanol–water partition coefficient (Wildman–Crippen LogP) is 2.57. The highest BCUT2D eigenvalue weighted by molar-refractivity contribution is 6.50. The number of hydrazone groups is 1. The van der Waals surface area contributed by atoms with Gasteiger partial charge in [0, 0.05) is 17.2 Å². The third-order valence-electron chi connectivity index (χ3n) is 4.76. The highest BCUT2D eigenvalue weighted by Gasteiger charge is 2.31. The van der Waals surface area contributed by atoms with Crippen molar-refractivity contribution in [3.63, 3.8) is 0 Å². The Morgan fingerprint density at radius 3 is 2.57 bits per heavy atom. The van der Waals surface area contributed by atoms with Crippen molar-refractivity contribution in [1.82, 2.24) is 0 Å². The fourth-order valence-corrected chi connectivity index (χ4v) is 3.17. The number of benzene rings is 1. The van der Waals surface area contributed by atoms with Crippen LogP contribution in [0.5, 0.6) is 5.75 Å². The number of aryl methyl sites for hydroxylation is 1. The van der Waals surface area contributed by atoms with Crippen molar-refractivity contribution in [3.8, 4) is 11.8 Å². The number of aliphatic imine (C=N–C) groups is 1. The third-order valence-corrected chi connectivity index (χ3v) is 4.76. The molecule has 8 nitrogen and oxygen atoms in total. The molecule has 0 atom stereocenters. The number of amides is 1. The minimum Gasteiger partial charge on any atom is -0.439 e. The molecule has 9 heteroatoms. The number of dihydropyridines is 1. The molecule has 3 rings (SSSR count). The average Bonchev–Trinajstić information content (AvgIpc) is 2.69. The Kier molecular flexibility index (Phi) is 5.60. The van der Waals surface area contributed by atoms with Gasteiger partial charge in [-0.1, -0.05) is 13.8 Å². The third kappa shape index (κ3) is 3.76. The molecule has 0 fully saturated rings. The van der Waals surface area contributed by atoms with Crippen LogP contribution >= 0.6 is 0 Å². The zero-order valence-corrected chi connectivity index (χ0v) is 16.9. The van der Waals surface area contributed by atoms with E-state index in [1.807, 2.05) is 13.8 Å². The molecule has 0 saturated heterocycles. The van der Waals surface area contributed by atoms with E-state index in [1.165, 1.54) is 13.0 Å². The predicted molar refractivity (Wildman–Crippen MR) is 107 cm³/mol. The van der Waals surface area contributed by atoms with Gasteiger partial charge < -0.3 is 4.74 Å². The summed E-state index contributed by atoms with van der Waals surface area (Å²) in [4.78, 5) is 39.9. The van der Waals surface area contributed by atoms with Crippen LogP contribution < -0.4 is 9.75 Å². The minimum absolute atomic E-state index is 0.00655. The normalized spacial score (nSPS) is 16.9. The van der Waals surface area contributed by atoms with Crippen LogP contribution in [0.3, 0.4) is 0 Å². The van der Waals surface area contributed by atoms with Crippen LogP contribution in [0.1, 0.15) is 31.4 Å². The van der Waals surface area contributed by atoms with Crippen molar-refractivity contribution in [2.24, 2.45) is 16.0 Å². The SMILES string of the molecule is Cc1cc(N2N=C(C#N)C(=O)CC2=O)c(F)c(C)c1OC1=NCC(=O)C(C(C)C)=C1. The lowest BCUT2D eigenvalue weighted by atomic mass is 9.97. The fourth-order valence-electron chi connectivity index (χ4n) is 3.17. The van der Waals surface area contributed by atoms with Crippen molar-refractivity contribution in [2.75, 3.05) is 11.6 Å². The number of anilines is 1. The molecular weight excluding hydrogens is 391 g/mol. The number of ketones is 2. The van der Waals surface area contributed by atoms with Gasteiger partial charge in [0.25, 0.3) is 5.91 Å². The van der Waals surface area contributed by atoms with Crippen molar-refractivity contribution in [3.05, 3.63) is 34.7 Å². The van der Waals surface area contributed by atoms with E-state index in [0.717, 1.165) is 5.01 Å². The lowest BCUT2D eigenvalue weighted by Gasteiger charge is -2.24. The highest BCUT2D eigenvalue weighted by Crippen LogP contribution is 2.35. The molecule has 1 aromatic carbocycles. The van der Waals surface area contributed by atoms with E-state index in [9.17, 15) is 14.4 Å². The number of hydrogen-bond donors (Lipinski definition) is 0. The van der Waals surface area contributed by atoms with E-state index in [2.05, 4.69) is 10.1 Å². The Morgan fingerprint density at radius 1 is 1.23 bits per heavy atom. The first-order valence-corrected chi connectivity index (χ1v) is 9.25. The van der Waals surface area contributed by atoms with Crippen molar-refractivity contribution in [1.29, 1.82) is 5.26 Å². The largest absolute Gasteiger partial charge is 0.439 e. The first-order chi connectivity index (χ1) is 14.1. The molecule has 0 spiro atoms. The first-order valence-electron chi connectivity index (χ1n) is 9.25. The maximum absolute atomic E-state index is 15.1. The Hall–Kier alpha value is -3.67. The smallest absolute Gasteiger partial charge is 0.255 e. The number of rotatable bonds is 3. The van der Waals surface area contributed by atoms with Crippen LogP contribution in [0.4, 0.5) is 10.1 Å². The maximum Gasteiger partial charge on any atom is 0.255 e. The summed E-state index contributed by atoms with van der Waals surface area (Å²) in [5.41, 5.74) is 0.525. The summed E-state index contributed by atoms with van der Waals surface area (Å²) in [6.45, 7) is 6.85. The zero-order valence-electron chi connectivity index (χ0n) is 16.9. The molecule has 0 aromatic heterocycles. The van der Waals surface area contributed by atoms with Gasteiger partial charge in [0.15, 0.2) is 11.6 Å². The monoisotopic (exact) mass is 410 g/mol. The summed E-state index contributed by atoms with van der Waals surface area (Å²) in [6.07, 6.45) is 0.986. The maximum atomic E-state index is 15.1. The van der Waals surface area contributed by atoms with E-state index in [4.69, 9.17) is 10.00 Å². The van der Waals surface area contributed by atoms with Gasteiger partial charge in [-0.3, -0.25) is 14.4 Å². The van der Waals surface area contributed by atoms with Gasteiger partial charge in [-0.15, -0.1) is 5.10 Å². The molecule has 2 aliphatic rings. The van der Waals surface area contributed by atoms with Gasteiger partial charge in [-0.2, -0.15) is 10.3 Å². The molecule has 2 aliphatic heterocycles. The summed E-state index contributed by atoms with van der Waals surface area (Å²) in [7, 11) is 0. The van der Waals surface area contributed by atoms with Gasteiger partial charge in [-0.05, 0) is 31.4 Å². The quantitative estimate of drug-likeness (QED) is 0.711. The van der Waals surface area contributed by atoms with Crippen LogP contribution in [0.15, 0.2) is 27.8 Å². The van der Waals surface area contributed by atoms with E-state index < -0.39 is 29.6 Å². The number of carbonyl (C=O) groups is 3. The highest BCUT2D eigenvalue weighted by atomic mass is 19.1. The van der Waals surface area contributed by atoms with Crippen molar-refractivity contribution in [2.45, 2.75) is 34.1 Å². The van der Waals surface area contributed by atoms with Crippen molar-refractivity contribution >= 4 is 34.8 Å². The molecule has 0 unspecified atom stereocenters. The molecule has 154 valence electrons. The van der Waals surface area contributed by atoms with Gasteiger partial charge in [0.2, 0.25) is 17.4 Å². The van der Waals surface area contributed by atoms with Crippen LogP contribution in [0, 0.1) is 36.9 Å². The van der Waals surface area contributed by atoms with Crippen molar-refractivity contribution < 1.29 is 23.5 Å². The standard InChI is InChI=1S/C21H19FN4O4/c1-10(2)13-6-18(24-9-17(13)28)30-21-11(3)5-15(20(22)12(21)4)26-19(29)7-16(27)14(8-23)25-26/h5-6,10H,7,9H2,1-4H3. The number of halogens is 1. The lowest BCUT2D eigenvalue weighted by molar-refractivity contribution is -0.124. The second kappa shape index (κ2) is 7.99. The summed E-state index contributed by atoms with van der Waals surface area (Å²) in [5, 5.41) is 13.4. The van der Waals surface area contributed by atoms with E-state index in [1.54, 1.807) is 19.1 Å². The Labute approximate surface area is 172 Å². The van der Waals surface area contributed by atoms with E-state index in [-0.39, 0.29) is 41.1 Å². The summed E-state index contributed by atoms with van der Waals surface area (Å²) in [5.74, 6) is -1.91. The number of carbonyl (C=O) groups excluding carboxylic acids is 3. The van der Waals surface area contributed by atoms with E-state index in [0.29, 0.717) is 11.1 Å². The Morgan fingerprint density at radius 2 is 1.93 bits per heavy atom. The van der Waals surface area contributed by atoms with Gasteiger partial charge in [0.1, 0.15) is 24.1 Å². The summed E-state index contributed by atoms with van der Waals surface area (Å²) < 4.78 is 20.9. The Balaban J connectivity index is 2.00. The first kappa shape index (κ1) is 21.0. The van der Waals surface area contributed by atoms with Gasteiger partial charge in [0.05, 0.1) is 6.42 Å². The van der Waals surface area contributed by atoms with Gasteiger partial charge >= 0.3 is 0 Å². The molecule has 0 saturated carbocycles. The van der Waals surface area contributed by atoms with Crippen LogP contribution in [0.25, 0.3) is 0 Å². The topological polar surface area (TPSA) is 112 Å². The van der Waals surface area contributed by atoms with Gasteiger partial charge in [-0.25, -0.2) is 9.38 Å². The number of Topliss-reactive ketones (excluding diaryl/α,β-unsaturated/α-hetero) is 2. The molecule has 1 amide bonds. The average molecular weight is 410 g/mol. The second-order valence-corrected chi connectivity index (χ2v) is 7.28. The number of nitriles is 1. The minimum atomic E-state index is -0.778. The summed E-state index contributed by atoms with van der Waals surface area (Å²) >= 11 is 0. The zero-order chi connectivity index (χ0) is 22.2. The second-order valence-electron chi connectivity index (χ2n) is 7.28.